The van der Waals surface area contributed by atoms with E-state index in [1.54, 1.807) is 18.2 Å². The van der Waals surface area contributed by atoms with Gasteiger partial charge in [-0.15, -0.1) is 0 Å². The van der Waals surface area contributed by atoms with Crippen LogP contribution in [0.3, 0.4) is 0 Å². The Balaban J connectivity index is 1.40. The van der Waals surface area contributed by atoms with Crippen LogP contribution in [-0.4, -0.2) is 30.7 Å². The summed E-state index contributed by atoms with van der Waals surface area (Å²) >= 11 is 0. The van der Waals surface area contributed by atoms with Gasteiger partial charge < -0.3 is 14.4 Å². The number of carbonyl (C=O) groups excluding carboxylic acids is 1. The zero-order chi connectivity index (χ0) is 18.1. The lowest BCUT2D eigenvalue weighted by molar-refractivity contribution is -0.133. The molecule has 0 saturated carbocycles. The van der Waals surface area contributed by atoms with Gasteiger partial charge in [0.2, 0.25) is 12.7 Å². The van der Waals surface area contributed by atoms with Crippen LogP contribution in [0.25, 0.3) is 0 Å². The molecular weight excluding hydrogens is 333 g/mol. The van der Waals surface area contributed by atoms with Gasteiger partial charge >= 0.3 is 0 Å². The Kier molecular flexibility index (Phi) is 4.53. The van der Waals surface area contributed by atoms with Gasteiger partial charge in [-0.3, -0.25) is 4.79 Å². The maximum Gasteiger partial charge on any atom is 0.231 e. The van der Waals surface area contributed by atoms with Crippen molar-refractivity contribution in [1.82, 2.24) is 4.90 Å². The van der Waals surface area contributed by atoms with Crippen LogP contribution < -0.4 is 9.47 Å². The predicted molar refractivity (Wildman–Crippen MR) is 95.8 cm³/mol. The maximum atomic E-state index is 13.8. The molecule has 2 aliphatic heterocycles. The first-order valence-corrected chi connectivity index (χ1v) is 9.03. The summed E-state index contributed by atoms with van der Waals surface area (Å²) in [4.78, 5) is 14.7. The van der Waals surface area contributed by atoms with Crippen molar-refractivity contribution < 1.29 is 18.7 Å². The number of amides is 1. The fourth-order valence-corrected chi connectivity index (χ4v) is 3.79. The third-order valence-corrected chi connectivity index (χ3v) is 5.27. The van der Waals surface area contributed by atoms with Gasteiger partial charge in [0.1, 0.15) is 5.82 Å². The van der Waals surface area contributed by atoms with Crippen molar-refractivity contribution >= 4 is 5.91 Å². The number of hydrogen-bond acceptors (Lipinski definition) is 3. The van der Waals surface area contributed by atoms with Crippen LogP contribution >= 0.6 is 0 Å². The van der Waals surface area contributed by atoms with Crippen molar-refractivity contribution in [2.75, 3.05) is 19.9 Å². The Morgan fingerprint density at radius 3 is 2.88 bits per heavy atom. The van der Waals surface area contributed by atoms with Crippen molar-refractivity contribution in [3.8, 4) is 11.5 Å². The second-order valence-corrected chi connectivity index (χ2v) is 7.08. The van der Waals surface area contributed by atoms with Crippen LogP contribution in [-0.2, 0) is 11.2 Å². The minimum atomic E-state index is -0.244. The lowest BCUT2D eigenvalue weighted by Crippen LogP contribution is -2.34. The number of carbonyl (C=O) groups is 1. The Morgan fingerprint density at radius 2 is 2.04 bits per heavy atom. The lowest BCUT2D eigenvalue weighted by atomic mass is 9.97. The number of likely N-dealkylation sites (tertiary alicyclic amines) is 1. The maximum absolute atomic E-state index is 13.8. The summed E-state index contributed by atoms with van der Waals surface area (Å²) in [7, 11) is 0. The molecule has 2 atom stereocenters. The number of halogens is 1. The molecule has 2 unspecified atom stereocenters. The third-order valence-electron chi connectivity index (χ3n) is 5.27. The third kappa shape index (κ3) is 3.26. The number of ether oxygens (including phenoxy) is 2. The summed E-state index contributed by atoms with van der Waals surface area (Å²) in [5.41, 5.74) is 1.77. The quantitative estimate of drug-likeness (QED) is 0.838. The Bertz CT molecular complexity index is 823. The van der Waals surface area contributed by atoms with Gasteiger partial charge in [0.25, 0.3) is 0 Å². The summed E-state index contributed by atoms with van der Waals surface area (Å²) in [6, 6.07) is 12.7. The predicted octanol–water partition coefficient (Wildman–Crippen LogP) is 3.75. The molecule has 0 bridgehead atoms. The van der Waals surface area contributed by atoms with Crippen molar-refractivity contribution in [1.29, 1.82) is 0 Å². The topological polar surface area (TPSA) is 38.8 Å². The van der Waals surface area contributed by atoms with Crippen LogP contribution in [0, 0.1) is 11.7 Å². The summed E-state index contributed by atoms with van der Waals surface area (Å²) in [5.74, 6) is 1.47. The molecule has 5 heteroatoms. The molecular formula is C21H22FNO3. The number of rotatable bonds is 4. The highest BCUT2D eigenvalue weighted by Crippen LogP contribution is 2.37. The molecule has 2 aromatic carbocycles. The highest BCUT2D eigenvalue weighted by Gasteiger charge is 2.31. The zero-order valence-corrected chi connectivity index (χ0v) is 14.8. The minimum Gasteiger partial charge on any atom is -0.454 e. The molecule has 0 radical (unpaired) electrons. The largest absolute Gasteiger partial charge is 0.454 e. The molecule has 1 saturated heterocycles. The van der Waals surface area contributed by atoms with E-state index in [0.717, 1.165) is 24.5 Å². The van der Waals surface area contributed by atoms with Crippen LogP contribution in [0.4, 0.5) is 4.39 Å². The Morgan fingerprint density at radius 1 is 1.23 bits per heavy atom. The smallest absolute Gasteiger partial charge is 0.231 e. The molecule has 136 valence electrons. The molecule has 2 heterocycles. The second-order valence-electron chi connectivity index (χ2n) is 7.08. The van der Waals surface area contributed by atoms with Gasteiger partial charge in [0, 0.05) is 24.9 Å². The van der Waals surface area contributed by atoms with E-state index in [4.69, 9.17) is 9.47 Å². The number of fused-ring (bicyclic) bond motifs is 1. The molecule has 26 heavy (non-hydrogen) atoms. The number of nitrogens with zero attached hydrogens (tertiary/aromatic N) is 1. The fraction of sp³-hybridized carbons (Fsp3) is 0.381. The van der Waals surface area contributed by atoms with Crippen LogP contribution in [0.2, 0.25) is 0 Å². The normalized spacial score (nSPS) is 19.6. The van der Waals surface area contributed by atoms with E-state index in [0.29, 0.717) is 24.4 Å². The SMILES string of the molecule is CC(Cc1ccccc1F)C(=O)N1CCC(c2ccc3c(c2)OCO3)C1. The van der Waals surface area contributed by atoms with E-state index in [9.17, 15) is 9.18 Å². The number of hydrogen-bond donors (Lipinski definition) is 0. The van der Waals surface area contributed by atoms with Gasteiger partial charge in [-0.05, 0) is 42.2 Å². The molecule has 0 N–H and O–H groups in total. The number of benzene rings is 2. The summed E-state index contributed by atoms with van der Waals surface area (Å²) in [5, 5.41) is 0. The highest BCUT2D eigenvalue weighted by atomic mass is 19.1. The summed E-state index contributed by atoms with van der Waals surface area (Å²) in [6.45, 7) is 3.57. The Labute approximate surface area is 152 Å². The average Bonchev–Trinajstić information content (AvgIpc) is 3.31. The zero-order valence-electron chi connectivity index (χ0n) is 14.8. The highest BCUT2D eigenvalue weighted by molar-refractivity contribution is 5.79. The molecule has 1 amide bonds. The van der Waals surface area contributed by atoms with Crippen molar-refractivity contribution in [3.63, 3.8) is 0 Å². The van der Waals surface area contributed by atoms with Crippen molar-refractivity contribution in [3.05, 3.63) is 59.4 Å². The minimum absolute atomic E-state index is 0.0940. The first kappa shape index (κ1) is 16.9. The van der Waals surface area contributed by atoms with Crippen molar-refractivity contribution in [2.45, 2.75) is 25.7 Å². The molecule has 0 aromatic heterocycles. The van der Waals surface area contributed by atoms with Crippen molar-refractivity contribution in [2.24, 2.45) is 5.92 Å². The lowest BCUT2D eigenvalue weighted by Gasteiger charge is -2.21. The molecule has 0 aliphatic carbocycles. The molecule has 2 aliphatic rings. The second kappa shape index (κ2) is 6.98. The fourth-order valence-electron chi connectivity index (χ4n) is 3.79. The van der Waals surface area contributed by atoms with Gasteiger partial charge in [0.15, 0.2) is 11.5 Å². The van der Waals surface area contributed by atoms with Gasteiger partial charge in [-0.2, -0.15) is 0 Å². The monoisotopic (exact) mass is 355 g/mol. The average molecular weight is 355 g/mol. The van der Waals surface area contributed by atoms with Crippen LogP contribution in [0.1, 0.15) is 30.4 Å². The molecule has 1 fully saturated rings. The molecule has 2 aromatic rings. The summed E-state index contributed by atoms with van der Waals surface area (Å²) in [6.07, 6.45) is 1.36. The molecule has 4 nitrogen and oxygen atoms in total. The standard InChI is InChI=1S/C21H22FNO3/c1-14(10-16-4-2-3-5-18(16)22)21(24)23-9-8-17(12-23)15-6-7-19-20(11-15)26-13-25-19/h2-7,11,14,17H,8-10,12-13H2,1H3. The van der Waals surface area contributed by atoms with Gasteiger partial charge in [0.05, 0.1) is 0 Å². The first-order chi connectivity index (χ1) is 12.6. The first-order valence-electron chi connectivity index (χ1n) is 9.03. The van der Waals surface area contributed by atoms with Gasteiger partial charge in [-0.25, -0.2) is 4.39 Å². The van der Waals surface area contributed by atoms with E-state index in [-0.39, 0.29) is 24.4 Å². The van der Waals surface area contributed by atoms with E-state index in [1.165, 1.54) is 11.6 Å². The van der Waals surface area contributed by atoms with E-state index in [1.807, 2.05) is 24.0 Å². The van der Waals surface area contributed by atoms with Crippen LogP contribution in [0.5, 0.6) is 11.5 Å². The summed E-state index contributed by atoms with van der Waals surface area (Å²) < 4.78 is 24.6. The van der Waals surface area contributed by atoms with E-state index >= 15 is 0 Å². The van der Waals surface area contributed by atoms with E-state index in [2.05, 4.69) is 6.07 Å². The molecule has 4 rings (SSSR count). The van der Waals surface area contributed by atoms with Crippen LogP contribution in [0.15, 0.2) is 42.5 Å². The molecule has 0 spiro atoms. The Hall–Kier alpha value is -2.56. The van der Waals surface area contributed by atoms with Gasteiger partial charge in [-0.1, -0.05) is 31.2 Å². The van der Waals surface area contributed by atoms with E-state index < -0.39 is 0 Å².